The van der Waals surface area contributed by atoms with E-state index < -0.39 is 17.5 Å². The molecule has 16 heavy (non-hydrogen) atoms. The minimum absolute atomic E-state index is 0.0506. The number of carboxylic acid groups (broad SMARTS) is 2. The molecule has 1 rings (SSSR count). The van der Waals surface area contributed by atoms with Gasteiger partial charge in [0.1, 0.15) is 17.9 Å². The summed E-state index contributed by atoms with van der Waals surface area (Å²) < 4.78 is 4.96. The molecule has 1 aromatic carbocycles. The number of benzene rings is 1. The number of rotatable bonds is 4. The lowest BCUT2D eigenvalue weighted by Crippen LogP contribution is -2.10. The fourth-order valence-corrected chi connectivity index (χ4v) is 1.17. The molecule has 0 aliphatic heterocycles. The van der Waals surface area contributed by atoms with Crippen molar-refractivity contribution >= 4 is 11.9 Å². The largest absolute Gasteiger partial charge is 0.480 e. The lowest BCUT2D eigenvalue weighted by molar-refractivity contribution is 0.0648. The Morgan fingerprint density at radius 1 is 1.31 bits per heavy atom. The first-order valence-corrected chi connectivity index (χ1v) is 4.23. The second kappa shape index (κ2) is 4.84. The number of ether oxygens (including phenoxy) is 1. The van der Waals surface area contributed by atoms with Gasteiger partial charge < -0.3 is 14.9 Å². The summed E-state index contributed by atoms with van der Waals surface area (Å²) in [7, 11) is 0. The smallest absolute Gasteiger partial charge is 0.340 e. The van der Waals surface area contributed by atoms with Gasteiger partial charge in [-0.05, 0) is 12.1 Å². The molecule has 0 aliphatic rings. The lowest BCUT2D eigenvalue weighted by Gasteiger charge is -2.08. The van der Waals surface area contributed by atoms with Gasteiger partial charge in [-0.15, -0.1) is 6.42 Å². The zero-order valence-electron chi connectivity index (χ0n) is 8.14. The van der Waals surface area contributed by atoms with Gasteiger partial charge in [0.05, 0.1) is 5.56 Å². The molecule has 5 heteroatoms. The third kappa shape index (κ3) is 2.30. The van der Waals surface area contributed by atoms with E-state index >= 15 is 0 Å². The van der Waals surface area contributed by atoms with Crippen molar-refractivity contribution in [3.8, 4) is 18.1 Å². The van der Waals surface area contributed by atoms with Gasteiger partial charge >= 0.3 is 11.9 Å². The van der Waals surface area contributed by atoms with Crippen LogP contribution in [0.2, 0.25) is 0 Å². The summed E-state index contributed by atoms with van der Waals surface area (Å²) in [4.78, 5) is 21.7. The summed E-state index contributed by atoms with van der Waals surface area (Å²) in [5, 5.41) is 17.7. The topological polar surface area (TPSA) is 83.8 Å². The summed E-state index contributed by atoms with van der Waals surface area (Å²) in [5.74, 6) is -0.583. The van der Waals surface area contributed by atoms with E-state index in [9.17, 15) is 9.59 Å². The first-order chi connectivity index (χ1) is 7.57. The van der Waals surface area contributed by atoms with Crippen molar-refractivity contribution in [2.24, 2.45) is 0 Å². The maximum absolute atomic E-state index is 10.9. The molecule has 0 saturated carbocycles. The van der Waals surface area contributed by atoms with Crippen molar-refractivity contribution in [1.29, 1.82) is 0 Å². The van der Waals surface area contributed by atoms with Gasteiger partial charge in [0.15, 0.2) is 0 Å². The first kappa shape index (κ1) is 11.6. The fraction of sp³-hybridized carbons (Fsp3) is 0.0909. The van der Waals surface area contributed by atoms with Crippen molar-refractivity contribution < 1.29 is 24.5 Å². The Balaban J connectivity index is 3.28. The summed E-state index contributed by atoms with van der Waals surface area (Å²) in [5.41, 5.74) is -0.729. The van der Waals surface area contributed by atoms with Gasteiger partial charge in [0, 0.05) is 0 Å². The van der Waals surface area contributed by atoms with E-state index in [4.69, 9.17) is 21.4 Å². The van der Waals surface area contributed by atoms with Crippen LogP contribution in [0.3, 0.4) is 0 Å². The van der Waals surface area contributed by atoms with E-state index in [1.165, 1.54) is 18.2 Å². The van der Waals surface area contributed by atoms with E-state index in [2.05, 4.69) is 5.92 Å². The highest BCUT2D eigenvalue weighted by Gasteiger charge is 2.20. The summed E-state index contributed by atoms with van der Waals surface area (Å²) in [6.07, 6.45) is 4.96. The Morgan fingerprint density at radius 3 is 2.50 bits per heavy atom. The highest BCUT2D eigenvalue weighted by atomic mass is 16.5. The van der Waals surface area contributed by atoms with Gasteiger partial charge in [0.2, 0.25) is 0 Å². The Morgan fingerprint density at radius 2 is 2.00 bits per heavy atom. The fourth-order valence-electron chi connectivity index (χ4n) is 1.17. The van der Waals surface area contributed by atoms with Crippen LogP contribution in [0.4, 0.5) is 0 Å². The van der Waals surface area contributed by atoms with Gasteiger partial charge in [-0.25, -0.2) is 9.59 Å². The third-order valence-electron chi connectivity index (χ3n) is 1.78. The Bertz CT molecular complexity index is 470. The molecule has 0 bridgehead atoms. The van der Waals surface area contributed by atoms with Gasteiger partial charge in [-0.1, -0.05) is 12.0 Å². The van der Waals surface area contributed by atoms with Crippen LogP contribution < -0.4 is 4.74 Å². The van der Waals surface area contributed by atoms with Crippen LogP contribution in [0, 0.1) is 12.3 Å². The van der Waals surface area contributed by atoms with Crippen molar-refractivity contribution in [2.75, 3.05) is 6.61 Å². The monoisotopic (exact) mass is 220 g/mol. The third-order valence-corrected chi connectivity index (χ3v) is 1.78. The summed E-state index contributed by atoms with van der Waals surface area (Å²) in [6, 6.07) is 3.93. The Labute approximate surface area is 91.3 Å². The van der Waals surface area contributed by atoms with E-state index in [0.29, 0.717) is 0 Å². The molecule has 2 N–H and O–H groups in total. The molecule has 0 unspecified atom stereocenters. The minimum atomic E-state index is -1.37. The van der Waals surface area contributed by atoms with Crippen LogP contribution in [-0.2, 0) is 0 Å². The van der Waals surface area contributed by atoms with Crippen molar-refractivity contribution in [1.82, 2.24) is 0 Å². The van der Waals surface area contributed by atoms with Crippen LogP contribution in [0.5, 0.6) is 5.75 Å². The van der Waals surface area contributed by atoms with Crippen LogP contribution in [0.15, 0.2) is 18.2 Å². The molecule has 0 heterocycles. The van der Waals surface area contributed by atoms with Crippen LogP contribution in [0.25, 0.3) is 0 Å². The average molecular weight is 220 g/mol. The van der Waals surface area contributed by atoms with E-state index in [0.717, 1.165) is 0 Å². The molecule has 0 aliphatic carbocycles. The molecule has 0 atom stereocenters. The zero-order chi connectivity index (χ0) is 12.1. The molecule has 0 radical (unpaired) electrons. The van der Waals surface area contributed by atoms with Crippen molar-refractivity contribution in [3.63, 3.8) is 0 Å². The molecular weight excluding hydrogens is 212 g/mol. The summed E-state index contributed by atoms with van der Waals surface area (Å²) >= 11 is 0. The minimum Gasteiger partial charge on any atom is -0.480 e. The van der Waals surface area contributed by atoms with Crippen molar-refractivity contribution in [3.05, 3.63) is 29.3 Å². The van der Waals surface area contributed by atoms with Crippen LogP contribution in [-0.4, -0.2) is 28.8 Å². The maximum atomic E-state index is 10.9. The summed E-state index contributed by atoms with van der Waals surface area (Å²) in [6.45, 7) is -0.122. The van der Waals surface area contributed by atoms with E-state index in [1.807, 2.05) is 0 Å². The van der Waals surface area contributed by atoms with E-state index in [-0.39, 0.29) is 17.9 Å². The van der Waals surface area contributed by atoms with Gasteiger partial charge in [-0.2, -0.15) is 0 Å². The quantitative estimate of drug-likeness (QED) is 0.742. The molecule has 0 amide bonds. The lowest BCUT2D eigenvalue weighted by atomic mass is 10.1. The van der Waals surface area contributed by atoms with Crippen LogP contribution >= 0.6 is 0 Å². The zero-order valence-corrected chi connectivity index (χ0v) is 8.14. The normalized spacial score (nSPS) is 9.19. The standard InChI is InChI=1S/C11H8O5/c1-2-6-16-8-5-3-4-7(10(12)13)9(8)11(14)15/h1,3-5H,6H2,(H,12,13)(H,14,15). The predicted octanol–water partition coefficient (Wildman–Crippen LogP) is 1.09. The first-order valence-electron chi connectivity index (χ1n) is 4.23. The number of hydrogen-bond acceptors (Lipinski definition) is 3. The average Bonchev–Trinajstić information content (AvgIpc) is 2.25. The molecule has 5 nitrogen and oxygen atoms in total. The molecule has 0 spiro atoms. The number of aromatic carboxylic acids is 2. The molecule has 1 aromatic rings. The number of carboxylic acids is 2. The highest BCUT2D eigenvalue weighted by Crippen LogP contribution is 2.22. The molecular formula is C11H8O5. The molecule has 0 saturated heterocycles. The van der Waals surface area contributed by atoms with Crippen LogP contribution in [0.1, 0.15) is 20.7 Å². The maximum Gasteiger partial charge on any atom is 0.340 e. The second-order valence-electron chi connectivity index (χ2n) is 2.78. The Kier molecular flexibility index (Phi) is 3.51. The SMILES string of the molecule is C#CCOc1cccc(C(=O)O)c1C(=O)O. The number of terminal acetylenes is 1. The van der Waals surface area contributed by atoms with Crippen molar-refractivity contribution in [2.45, 2.75) is 0 Å². The van der Waals surface area contributed by atoms with E-state index in [1.54, 1.807) is 0 Å². The second-order valence-corrected chi connectivity index (χ2v) is 2.78. The molecule has 0 fully saturated rings. The van der Waals surface area contributed by atoms with Gasteiger partial charge in [0.25, 0.3) is 0 Å². The number of carbonyl (C=O) groups is 2. The molecule has 0 aromatic heterocycles. The van der Waals surface area contributed by atoms with Gasteiger partial charge in [-0.3, -0.25) is 0 Å². The highest BCUT2D eigenvalue weighted by molar-refractivity contribution is 6.03. The Hall–Kier alpha value is -2.48. The predicted molar refractivity (Wildman–Crippen MR) is 54.7 cm³/mol. The molecule has 82 valence electrons. The number of hydrogen-bond donors (Lipinski definition) is 2.